The summed E-state index contributed by atoms with van der Waals surface area (Å²) >= 11 is 0. The summed E-state index contributed by atoms with van der Waals surface area (Å²) in [5.41, 5.74) is 3.17. The van der Waals surface area contributed by atoms with Crippen molar-refractivity contribution in [3.05, 3.63) is 36.7 Å². The maximum atomic E-state index is 4.83. The standard InChI is InChI=1S/C31H56N2/c1-13-16-26(30(9,10)11)32-24(8)33-29(31(12)17-14-15-18-31)23(7)25-19-22(6)27(20(2)3)28(25)21(4)5/h20,22,25-29,32-33H,4,7-8,13-19H2,1-3,5-6,9-12H3. The van der Waals surface area contributed by atoms with Gasteiger partial charge in [-0.15, -0.1) is 0 Å². The molecule has 0 saturated heterocycles. The third kappa shape index (κ3) is 6.49. The molecule has 2 rings (SSSR count). The van der Waals surface area contributed by atoms with Crippen LogP contribution in [0.1, 0.15) is 107 Å². The topological polar surface area (TPSA) is 24.1 Å². The first kappa shape index (κ1) is 28.1. The molecule has 0 aromatic heterocycles. The first-order valence-corrected chi connectivity index (χ1v) is 13.8. The molecule has 190 valence electrons. The monoisotopic (exact) mass is 456 g/mol. The van der Waals surface area contributed by atoms with Gasteiger partial charge in [0.1, 0.15) is 0 Å². The van der Waals surface area contributed by atoms with Crippen molar-refractivity contribution in [2.75, 3.05) is 0 Å². The van der Waals surface area contributed by atoms with Gasteiger partial charge in [-0.05, 0) is 73.0 Å². The molecule has 0 amide bonds. The molecule has 2 saturated carbocycles. The minimum absolute atomic E-state index is 0.195. The Bertz CT molecular complexity index is 688. The van der Waals surface area contributed by atoms with Crippen LogP contribution >= 0.6 is 0 Å². The van der Waals surface area contributed by atoms with Gasteiger partial charge in [-0.3, -0.25) is 0 Å². The third-order valence-electron chi connectivity index (χ3n) is 9.05. The lowest BCUT2D eigenvalue weighted by molar-refractivity contribution is 0.217. The lowest BCUT2D eigenvalue weighted by Gasteiger charge is -2.42. The highest BCUT2D eigenvalue weighted by Crippen LogP contribution is 2.53. The van der Waals surface area contributed by atoms with E-state index in [-0.39, 0.29) is 16.9 Å². The molecule has 0 spiro atoms. The summed E-state index contributed by atoms with van der Waals surface area (Å²) in [6.07, 6.45) is 8.73. The molecule has 2 nitrogen and oxygen atoms in total. The molecule has 0 radical (unpaired) electrons. The van der Waals surface area contributed by atoms with E-state index in [2.05, 4.69) is 86.1 Å². The number of hydrogen-bond acceptors (Lipinski definition) is 2. The average Bonchev–Trinajstić information content (AvgIpc) is 3.28. The Morgan fingerprint density at radius 2 is 1.64 bits per heavy atom. The van der Waals surface area contributed by atoms with Crippen LogP contribution in [0.3, 0.4) is 0 Å². The average molecular weight is 457 g/mol. The quantitative estimate of drug-likeness (QED) is 0.305. The third-order valence-corrected chi connectivity index (χ3v) is 9.05. The maximum Gasteiger partial charge on any atom is 0.0919 e. The van der Waals surface area contributed by atoms with E-state index in [1.807, 2.05) is 0 Å². The summed E-state index contributed by atoms with van der Waals surface area (Å²) in [4.78, 5) is 0. The fourth-order valence-electron chi connectivity index (χ4n) is 7.29. The van der Waals surface area contributed by atoms with Crippen LogP contribution in [0.25, 0.3) is 0 Å². The van der Waals surface area contributed by atoms with Crippen LogP contribution in [-0.2, 0) is 0 Å². The van der Waals surface area contributed by atoms with Gasteiger partial charge in [0, 0.05) is 6.04 Å². The van der Waals surface area contributed by atoms with Gasteiger partial charge in [0.15, 0.2) is 0 Å². The van der Waals surface area contributed by atoms with E-state index >= 15 is 0 Å². The molecule has 2 fully saturated rings. The Morgan fingerprint density at radius 1 is 1.06 bits per heavy atom. The highest BCUT2D eigenvalue weighted by molar-refractivity contribution is 5.25. The predicted octanol–water partition coefficient (Wildman–Crippen LogP) is 8.48. The molecule has 2 aliphatic carbocycles. The van der Waals surface area contributed by atoms with Gasteiger partial charge in [0.2, 0.25) is 0 Å². The van der Waals surface area contributed by atoms with Crippen LogP contribution in [0.15, 0.2) is 36.7 Å². The second-order valence-electron chi connectivity index (χ2n) is 13.4. The number of allylic oxidation sites excluding steroid dienone is 1. The number of hydrogen-bond donors (Lipinski definition) is 2. The summed E-state index contributed by atoms with van der Waals surface area (Å²) in [5, 5.41) is 7.70. The lowest BCUT2D eigenvalue weighted by atomic mass is 9.69. The van der Waals surface area contributed by atoms with Gasteiger partial charge >= 0.3 is 0 Å². The molecule has 0 aromatic carbocycles. The predicted molar refractivity (Wildman–Crippen MR) is 147 cm³/mol. The maximum absolute atomic E-state index is 4.83. The minimum Gasteiger partial charge on any atom is -0.369 e. The molecular weight excluding hydrogens is 400 g/mol. The van der Waals surface area contributed by atoms with Crippen LogP contribution < -0.4 is 10.6 Å². The summed E-state index contributed by atoms with van der Waals surface area (Å²) in [5.74, 6) is 4.08. The van der Waals surface area contributed by atoms with Crippen molar-refractivity contribution < 1.29 is 0 Å². The Labute approximate surface area is 207 Å². The Hall–Kier alpha value is -1.18. The van der Waals surface area contributed by atoms with E-state index in [0.29, 0.717) is 35.6 Å². The van der Waals surface area contributed by atoms with E-state index in [9.17, 15) is 0 Å². The molecule has 2 N–H and O–H groups in total. The van der Waals surface area contributed by atoms with Crippen molar-refractivity contribution >= 4 is 0 Å². The largest absolute Gasteiger partial charge is 0.369 e. The van der Waals surface area contributed by atoms with Crippen LogP contribution in [0.5, 0.6) is 0 Å². The highest BCUT2D eigenvalue weighted by atomic mass is 15.1. The van der Waals surface area contributed by atoms with E-state index in [4.69, 9.17) is 6.58 Å². The van der Waals surface area contributed by atoms with Gasteiger partial charge in [-0.1, -0.05) is 106 Å². The molecule has 0 heterocycles. The van der Waals surface area contributed by atoms with Gasteiger partial charge < -0.3 is 10.6 Å². The van der Waals surface area contributed by atoms with Crippen molar-refractivity contribution in [2.45, 2.75) is 119 Å². The second kappa shape index (κ2) is 11.0. The van der Waals surface area contributed by atoms with E-state index in [1.165, 1.54) is 49.7 Å². The molecule has 0 bridgehead atoms. The number of nitrogens with one attached hydrogen (secondary N) is 2. The first-order valence-electron chi connectivity index (χ1n) is 13.8. The second-order valence-corrected chi connectivity index (χ2v) is 13.4. The Balaban J connectivity index is 2.31. The van der Waals surface area contributed by atoms with E-state index in [0.717, 1.165) is 12.2 Å². The summed E-state index contributed by atoms with van der Waals surface area (Å²) in [6.45, 7) is 35.0. The van der Waals surface area contributed by atoms with Crippen LogP contribution in [0, 0.1) is 40.4 Å². The highest BCUT2D eigenvalue weighted by Gasteiger charge is 2.48. The smallest absolute Gasteiger partial charge is 0.0919 e. The fraction of sp³-hybridized carbons (Fsp3) is 0.806. The van der Waals surface area contributed by atoms with Crippen LogP contribution in [-0.4, -0.2) is 12.1 Å². The van der Waals surface area contributed by atoms with E-state index < -0.39 is 0 Å². The van der Waals surface area contributed by atoms with Gasteiger partial charge in [0.25, 0.3) is 0 Å². The molecule has 33 heavy (non-hydrogen) atoms. The zero-order valence-corrected chi connectivity index (χ0v) is 23.6. The van der Waals surface area contributed by atoms with Crippen LogP contribution in [0.2, 0.25) is 0 Å². The lowest BCUT2D eigenvalue weighted by Crippen LogP contribution is -2.50. The van der Waals surface area contributed by atoms with Crippen LogP contribution in [0.4, 0.5) is 0 Å². The molecule has 6 unspecified atom stereocenters. The van der Waals surface area contributed by atoms with E-state index in [1.54, 1.807) is 0 Å². The molecule has 2 heteroatoms. The summed E-state index contributed by atoms with van der Waals surface area (Å²) < 4.78 is 0. The Morgan fingerprint density at radius 3 is 2.09 bits per heavy atom. The van der Waals surface area contributed by atoms with Crippen molar-refractivity contribution in [2.24, 2.45) is 40.4 Å². The SMILES string of the molecule is C=C(NC(CCC)C(C)(C)C)NC(C(=C)C1CC(C)C(C(C)C)C1C(=C)C)C1(C)CCCC1. The van der Waals surface area contributed by atoms with Crippen molar-refractivity contribution in [3.8, 4) is 0 Å². The summed E-state index contributed by atoms with van der Waals surface area (Å²) in [6, 6.07) is 0.667. The van der Waals surface area contributed by atoms with Crippen molar-refractivity contribution in [1.82, 2.24) is 10.6 Å². The molecule has 2 aliphatic rings. The van der Waals surface area contributed by atoms with Gasteiger partial charge in [-0.2, -0.15) is 0 Å². The normalized spacial score (nSPS) is 29.0. The molecule has 0 aromatic rings. The first-order chi connectivity index (χ1) is 15.2. The zero-order chi connectivity index (χ0) is 25.1. The molecular formula is C31H56N2. The fourth-order valence-corrected chi connectivity index (χ4v) is 7.29. The van der Waals surface area contributed by atoms with Crippen molar-refractivity contribution in [1.29, 1.82) is 0 Å². The zero-order valence-electron chi connectivity index (χ0n) is 23.6. The van der Waals surface area contributed by atoms with Gasteiger partial charge in [-0.25, -0.2) is 0 Å². The Kier molecular flexibility index (Phi) is 9.39. The summed E-state index contributed by atoms with van der Waals surface area (Å²) in [7, 11) is 0. The van der Waals surface area contributed by atoms with Gasteiger partial charge in [0.05, 0.1) is 11.9 Å². The number of rotatable bonds is 11. The van der Waals surface area contributed by atoms with Crippen molar-refractivity contribution in [3.63, 3.8) is 0 Å². The molecule has 6 atom stereocenters. The molecule has 0 aliphatic heterocycles. The minimum atomic E-state index is 0.195.